The molecule has 0 saturated carbocycles. The summed E-state index contributed by atoms with van der Waals surface area (Å²) in [7, 11) is 2.03. The molecule has 1 saturated heterocycles. The molecule has 0 bridgehead atoms. The van der Waals surface area contributed by atoms with Crippen molar-refractivity contribution in [3.05, 3.63) is 36.1 Å². The van der Waals surface area contributed by atoms with Gasteiger partial charge in [0.15, 0.2) is 0 Å². The van der Waals surface area contributed by atoms with Crippen LogP contribution in [0, 0.1) is 0 Å². The van der Waals surface area contributed by atoms with E-state index in [4.69, 9.17) is 4.42 Å². The minimum atomic E-state index is 0.365. The van der Waals surface area contributed by atoms with Crippen LogP contribution in [0.1, 0.15) is 30.9 Å². The molecule has 0 spiro atoms. The van der Waals surface area contributed by atoms with Crippen molar-refractivity contribution < 1.29 is 4.42 Å². The lowest BCUT2D eigenvalue weighted by molar-refractivity contribution is 0.451. The van der Waals surface area contributed by atoms with E-state index in [2.05, 4.69) is 22.8 Å². The Kier molecular flexibility index (Phi) is 3.35. The maximum absolute atomic E-state index is 5.64. The van der Waals surface area contributed by atoms with Crippen LogP contribution in [0.15, 0.2) is 34.9 Å². The zero-order valence-corrected chi connectivity index (χ0v) is 10.8. The maximum Gasteiger partial charge on any atom is 0.134 e. The molecule has 2 heterocycles. The Morgan fingerprint density at radius 3 is 3.11 bits per heavy atom. The molecule has 2 aromatic rings. The van der Waals surface area contributed by atoms with Gasteiger partial charge in [-0.15, -0.1) is 0 Å². The van der Waals surface area contributed by atoms with Gasteiger partial charge in [-0.2, -0.15) is 0 Å². The van der Waals surface area contributed by atoms with Crippen LogP contribution in [0.3, 0.4) is 0 Å². The smallest absolute Gasteiger partial charge is 0.134 e. The topological polar surface area (TPSA) is 37.2 Å². The second-order valence-corrected chi connectivity index (χ2v) is 5.06. The van der Waals surface area contributed by atoms with Crippen LogP contribution < -0.4 is 10.6 Å². The second kappa shape index (κ2) is 5.12. The highest BCUT2D eigenvalue weighted by Gasteiger charge is 2.22. The van der Waals surface area contributed by atoms with E-state index >= 15 is 0 Å². The van der Waals surface area contributed by atoms with E-state index in [1.165, 1.54) is 23.8 Å². The molecular weight excluding hydrogens is 224 g/mol. The minimum absolute atomic E-state index is 0.365. The van der Waals surface area contributed by atoms with Gasteiger partial charge >= 0.3 is 0 Å². The average molecular weight is 244 g/mol. The first-order chi connectivity index (χ1) is 8.88. The molecule has 3 rings (SSSR count). The molecule has 1 aromatic carbocycles. The van der Waals surface area contributed by atoms with E-state index < -0.39 is 0 Å². The monoisotopic (exact) mass is 244 g/mol. The van der Waals surface area contributed by atoms with E-state index in [0.29, 0.717) is 12.1 Å². The van der Waals surface area contributed by atoms with Crippen molar-refractivity contribution in [1.29, 1.82) is 0 Å². The van der Waals surface area contributed by atoms with Crippen LogP contribution in [0.4, 0.5) is 0 Å². The third kappa shape index (κ3) is 2.16. The highest BCUT2D eigenvalue weighted by Crippen LogP contribution is 2.29. The van der Waals surface area contributed by atoms with Crippen molar-refractivity contribution in [1.82, 2.24) is 10.6 Å². The van der Waals surface area contributed by atoms with Crippen LogP contribution >= 0.6 is 0 Å². The van der Waals surface area contributed by atoms with Gasteiger partial charge in [-0.25, -0.2) is 0 Å². The van der Waals surface area contributed by atoms with Gasteiger partial charge in [0.25, 0.3) is 0 Å². The highest BCUT2D eigenvalue weighted by atomic mass is 16.3. The molecule has 18 heavy (non-hydrogen) atoms. The van der Waals surface area contributed by atoms with Gasteiger partial charge in [-0.1, -0.05) is 18.2 Å². The molecule has 2 N–H and O–H groups in total. The van der Waals surface area contributed by atoms with Gasteiger partial charge in [-0.3, -0.25) is 0 Å². The number of rotatable bonds is 4. The number of furan rings is 1. The Morgan fingerprint density at radius 2 is 2.33 bits per heavy atom. The van der Waals surface area contributed by atoms with Gasteiger partial charge in [-0.05, 0) is 38.9 Å². The fourth-order valence-electron chi connectivity index (χ4n) is 2.91. The fourth-order valence-corrected chi connectivity index (χ4v) is 2.91. The van der Waals surface area contributed by atoms with E-state index in [-0.39, 0.29) is 0 Å². The predicted molar refractivity (Wildman–Crippen MR) is 73.7 cm³/mol. The first-order valence-corrected chi connectivity index (χ1v) is 6.75. The van der Waals surface area contributed by atoms with E-state index in [9.17, 15) is 0 Å². The van der Waals surface area contributed by atoms with Gasteiger partial charge in [0.1, 0.15) is 5.58 Å². The van der Waals surface area contributed by atoms with E-state index in [0.717, 1.165) is 18.5 Å². The summed E-state index contributed by atoms with van der Waals surface area (Å²) in [6.45, 7) is 1.16. The Balaban J connectivity index is 1.86. The third-order valence-corrected chi connectivity index (χ3v) is 3.92. The van der Waals surface area contributed by atoms with E-state index in [1.54, 1.807) is 0 Å². The average Bonchev–Trinajstić information content (AvgIpc) is 3.05. The highest BCUT2D eigenvalue weighted by molar-refractivity contribution is 5.81. The number of nitrogens with one attached hydrogen (secondary N) is 2. The van der Waals surface area contributed by atoms with Crippen molar-refractivity contribution >= 4 is 11.0 Å². The minimum Gasteiger partial charge on any atom is -0.464 e. The maximum atomic E-state index is 5.64. The Labute approximate surface area is 108 Å². The van der Waals surface area contributed by atoms with Crippen LogP contribution in [-0.2, 0) is 0 Å². The molecule has 96 valence electrons. The largest absolute Gasteiger partial charge is 0.464 e. The van der Waals surface area contributed by atoms with Crippen molar-refractivity contribution in [2.75, 3.05) is 13.6 Å². The zero-order valence-electron chi connectivity index (χ0n) is 10.8. The number of hydrogen-bond donors (Lipinski definition) is 2. The SMILES string of the molecule is CNC(CC1CCCN1)c1coc2ccccc12. The van der Waals surface area contributed by atoms with E-state index in [1.807, 2.05) is 25.4 Å². The molecule has 1 aliphatic rings. The number of benzene rings is 1. The number of fused-ring (bicyclic) bond motifs is 1. The van der Waals surface area contributed by atoms with Crippen molar-refractivity contribution in [2.24, 2.45) is 0 Å². The van der Waals surface area contributed by atoms with Crippen LogP contribution in [0.2, 0.25) is 0 Å². The third-order valence-electron chi connectivity index (χ3n) is 3.92. The molecule has 0 aliphatic carbocycles. The molecule has 1 aliphatic heterocycles. The lowest BCUT2D eigenvalue weighted by Gasteiger charge is -2.19. The number of hydrogen-bond acceptors (Lipinski definition) is 3. The van der Waals surface area contributed by atoms with Crippen molar-refractivity contribution in [3.63, 3.8) is 0 Å². The Bertz CT molecular complexity index is 514. The standard InChI is InChI=1S/C15H20N2O/c1-16-14(9-11-5-4-8-17-11)13-10-18-15-7-3-2-6-12(13)15/h2-3,6-7,10-11,14,16-17H,4-5,8-9H2,1H3. The Morgan fingerprint density at radius 1 is 1.44 bits per heavy atom. The zero-order chi connectivity index (χ0) is 12.4. The second-order valence-electron chi connectivity index (χ2n) is 5.06. The molecule has 0 amide bonds. The van der Waals surface area contributed by atoms with Crippen LogP contribution in [0.25, 0.3) is 11.0 Å². The van der Waals surface area contributed by atoms with Gasteiger partial charge in [0, 0.05) is 23.0 Å². The number of para-hydroxylation sites is 1. The van der Waals surface area contributed by atoms with Crippen LogP contribution in [0.5, 0.6) is 0 Å². The molecule has 3 heteroatoms. The molecule has 3 nitrogen and oxygen atoms in total. The summed E-state index contributed by atoms with van der Waals surface area (Å²) in [4.78, 5) is 0. The van der Waals surface area contributed by atoms with Crippen molar-refractivity contribution in [2.45, 2.75) is 31.3 Å². The summed E-state index contributed by atoms with van der Waals surface area (Å²) < 4.78 is 5.64. The predicted octanol–water partition coefficient (Wildman–Crippen LogP) is 2.84. The lowest BCUT2D eigenvalue weighted by atomic mass is 9.98. The molecule has 1 fully saturated rings. The fraction of sp³-hybridized carbons (Fsp3) is 0.467. The first kappa shape index (κ1) is 11.8. The van der Waals surface area contributed by atoms with Gasteiger partial charge < -0.3 is 15.1 Å². The molecule has 1 aromatic heterocycles. The van der Waals surface area contributed by atoms with Crippen molar-refractivity contribution in [3.8, 4) is 0 Å². The summed E-state index contributed by atoms with van der Waals surface area (Å²) in [6, 6.07) is 9.25. The lowest BCUT2D eigenvalue weighted by Crippen LogP contribution is -2.28. The van der Waals surface area contributed by atoms with Gasteiger partial charge in [0.2, 0.25) is 0 Å². The molecule has 2 atom stereocenters. The Hall–Kier alpha value is -1.32. The quantitative estimate of drug-likeness (QED) is 0.868. The molecular formula is C15H20N2O. The molecule has 0 radical (unpaired) electrons. The van der Waals surface area contributed by atoms with Crippen LogP contribution in [-0.4, -0.2) is 19.6 Å². The molecule has 2 unspecified atom stereocenters. The summed E-state index contributed by atoms with van der Waals surface area (Å²) in [6.07, 6.45) is 5.61. The summed E-state index contributed by atoms with van der Waals surface area (Å²) >= 11 is 0. The summed E-state index contributed by atoms with van der Waals surface area (Å²) in [5.74, 6) is 0. The van der Waals surface area contributed by atoms with Gasteiger partial charge in [0.05, 0.1) is 6.26 Å². The normalized spacial score (nSPS) is 21.5. The summed E-state index contributed by atoms with van der Waals surface area (Å²) in [5, 5.41) is 8.22. The summed E-state index contributed by atoms with van der Waals surface area (Å²) in [5.41, 5.74) is 2.26. The first-order valence-electron chi connectivity index (χ1n) is 6.75.